The molecule has 1 aromatic carbocycles. The molecule has 0 saturated heterocycles. The van der Waals surface area contributed by atoms with Crippen molar-refractivity contribution in [3.8, 4) is 0 Å². The minimum absolute atomic E-state index is 0. The van der Waals surface area contributed by atoms with Gasteiger partial charge in [-0.1, -0.05) is 12.1 Å². The standard InChI is InChI=1S/C16H25FN4.HI/c1-18-16(19-10-12-4-5-12)20-11-15(21(2)3)13-6-8-14(17)9-7-13;/h6-9,12,15H,4-5,10-11H2,1-3H3,(H2,18,19,20);1H. The second kappa shape index (κ2) is 9.29. The van der Waals surface area contributed by atoms with Gasteiger partial charge in [-0.05, 0) is 50.6 Å². The monoisotopic (exact) mass is 420 g/mol. The molecule has 1 aliphatic carbocycles. The molecule has 1 aromatic rings. The number of nitrogens with zero attached hydrogens (tertiary/aromatic N) is 2. The van der Waals surface area contributed by atoms with Gasteiger partial charge in [0.05, 0.1) is 6.04 Å². The maximum atomic E-state index is 13.0. The maximum absolute atomic E-state index is 13.0. The zero-order valence-electron chi connectivity index (χ0n) is 13.5. The van der Waals surface area contributed by atoms with E-state index in [0.717, 1.165) is 30.5 Å². The van der Waals surface area contributed by atoms with Crippen LogP contribution in [0.2, 0.25) is 0 Å². The maximum Gasteiger partial charge on any atom is 0.191 e. The quantitative estimate of drug-likeness (QED) is 0.422. The van der Waals surface area contributed by atoms with Gasteiger partial charge >= 0.3 is 0 Å². The summed E-state index contributed by atoms with van der Waals surface area (Å²) in [7, 11) is 5.83. The molecule has 1 saturated carbocycles. The van der Waals surface area contributed by atoms with Crippen LogP contribution in [0.4, 0.5) is 4.39 Å². The lowest BCUT2D eigenvalue weighted by atomic mass is 10.1. The van der Waals surface area contributed by atoms with Crippen molar-refractivity contribution in [3.05, 3.63) is 35.6 Å². The van der Waals surface area contributed by atoms with Gasteiger partial charge in [0.15, 0.2) is 5.96 Å². The van der Waals surface area contributed by atoms with Crippen molar-refractivity contribution in [1.82, 2.24) is 15.5 Å². The van der Waals surface area contributed by atoms with Crippen LogP contribution >= 0.6 is 24.0 Å². The first kappa shape index (κ1) is 19.2. The highest BCUT2D eigenvalue weighted by molar-refractivity contribution is 14.0. The Morgan fingerprint density at radius 1 is 1.27 bits per heavy atom. The van der Waals surface area contributed by atoms with E-state index in [1.807, 2.05) is 26.2 Å². The van der Waals surface area contributed by atoms with E-state index in [2.05, 4.69) is 20.5 Å². The summed E-state index contributed by atoms with van der Waals surface area (Å²) in [5, 5.41) is 6.70. The van der Waals surface area contributed by atoms with Crippen LogP contribution < -0.4 is 10.6 Å². The Bertz CT molecular complexity index is 472. The van der Waals surface area contributed by atoms with Crippen LogP contribution in [0.5, 0.6) is 0 Å². The van der Waals surface area contributed by atoms with Gasteiger partial charge < -0.3 is 15.5 Å². The van der Waals surface area contributed by atoms with Crippen molar-refractivity contribution in [3.63, 3.8) is 0 Å². The molecule has 0 spiro atoms. The molecule has 0 amide bonds. The fourth-order valence-corrected chi connectivity index (χ4v) is 2.26. The second-order valence-electron chi connectivity index (χ2n) is 5.81. The number of halogens is 2. The lowest BCUT2D eigenvalue weighted by Gasteiger charge is -2.26. The molecule has 2 N–H and O–H groups in total. The second-order valence-corrected chi connectivity index (χ2v) is 5.81. The third-order valence-electron chi connectivity index (χ3n) is 3.82. The third kappa shape index (κ3) is 6.08. The van der Waals surface area contributed by atoms with Crippen LogP contribution in [0.25, 0.3) is 0 Å². The first-order valence-electron chi connectivity index (χ1n) is 7.46. The molecule has 124 valence electrons. The SMILES string of the molecule is CN=C(NCC1CC1)NCC(c1ccc(F)cc1)N(C)C.I. The number of guanidine groups is 1. The van der Waals surface area contributed by atoms with Gasteiger partial charge in [-0.3, -0.25) is 4.99 Å². The topological polar surface area (TPSA) is 39.7 Å². The lowest BCUT2D eigenvalue weighted by Crippen LogP contribution is -2.42. The highest BCUT2D eigenvalue weighted by Gasteiger charge is 2.21. The van der Waals surface area contributed by atoms with Gasteiger partial charge in [-0.25, -0.2) is 4.39 Å². The number of benzene rings is 1. The Morgan fingerprint density at radius 3 is 2.41 bits per heavy atom. The average Bonchev–Trinajstić information content (AvgIpc) is 3.28. The molecule has 4 nitrogen and oxygen atoms in total. The third-order valence-corrected chi connectivity index (χ3v) is 3.82. The first-order chi connectivity index (χ1) is 10.1. The molecular weight excluding hydrogens is 394 g/mol. The Balaban J connectivity index is 0.00000242. The van der Waals surface area contributed by atoms with Crippen LogP contribution in [-0.2, 0) is 0 Å². The fourth-order valence-electron chi connectivity index (χ4n) is 2.26. The molecule has 1 atom stereocenters. The number of hydrogen-bond acceptors (Lipinski definition) is 2. The van der Waals surface area contributed by atoms with Crippen molar-refractivity contribution in [2.24, 2.45) is 10.9 Å². The predicted molar refractivity (Wildman–Crippen MR) is 100 cm³/mol. The normalized spacial score (nSPS) is 16.1. The average molecular weight is 420 g/mol. The van der Waals surface area contributed by atoms with E-state index in [1.54, 1.807) is 7.05 Å². The zero-order chi connectivity index (χ0) is 15.2. The Kier molecular flexibility index (Phi) is 8.09. The highest BCUT2D eigenvalue weighted by atomic mass is 127. The van der Waals surface area contributed by atoms with Gasteiger partial charge in [-0.2, -0.15) is 0 Å². The van der Waals surface area contributed by atoms with Crippen LogP contribution in [0.3, 0.4) is 0 Å². The minimum atomic E-state index is -0.203. The molecule has 1 fully saturated rings. The molecule has 0 aromatic heterocycles. The van der Waals surface area contributed by atoms with Gasteiger partial charge in [0.1, 0.15) is 5.82 Å². The van der Waals surface area contributed by atoms with Crippen LogP contribution in [0.15, 0.2) is 29.3 Å². The smallest absolute Gasteiger partial charge is 0.191 e. The Hall–Kier alpha value is -0.890. The zero-order valence-corrected chi connectivity index (χ0v) is 15.8. The first-order valence-corrected chi connectivity index (χ1v) is 7.46. The van der Waals surface area contributed by atoms with E-state index in [4.69, 9.17) is 0 Å². The van der Waals surface area contributed by atoms with E-state index in [-0.39, 0.29) is 35.8 Å². The minimum Gasteiger partial charge on any atom is -0.356 e. The summed E-state index contributed by atoms with van der Waals surface area (Å²) in [5.74, 6) is 1.44. The molecule has 22 heavy (non-hydrogen) atoms. The molecule has 0 bridgehead atoms. The summed E-state index contributed by atoms with van der Waals surface area (Å²) < 4.78 is 13.0. The number of rotatable bonds is 6. The summed E-state index contributed by atoms with van der Waals surface area (Å²) in [4.78, 5) is 6.36. The van der Waals surface area contributed by atoms with Crippen LogP contribution in [0, 0.1) is 11.7 Å². The molecule has 0 aliphatic heterocycles. The molecule has 1 unspecified atom stereocenters. The van der Waals surface area contributed by atoms with E-state index in [0.29, 0.717) is 0 Å². The molecular formula is C16H26FIN4. The summed E-state index contributed by atoms with van der Waals surface area (Å²) in [6.07, 6.45) is 2.64. The number of likely N-dealkylation sites (N-methyl/N-ethyl adjacent to an activating group) is 1. The molecule has 0 radical (unpaired) electrons. The van der Waals surface area contributed by atoms with E-state index in [9.17, 15) is 4.39 Å². The fraction of sp³-hybridized carbons (Fsp3) is 0.562. The highest BCUT2D eigenvalue weighted by Crippen LogP contribution is 2.27. The Labute approximate surface area is 149 Å². The van der Waals surface area contributed by atoms with E-state index >= 15 is 0 Å². The van der Waals surface area contributed by atoms with Crippen molar-refractivity contribution >= 4 is 29.9 Å². The van der Waals surface area contributed by atoms with E-state index in [1.165, 1.54) is 25.0 Å². The molecule has 1 aliphatic rings. The van der Waals surface area contributed by atoms with Gasteiger partial charge in [0.25, 0.3) is 0 Å². The van der Waals surface area contributed by atoms with E-state index < -0.39 is 0 Å². The number of hydrogen-bond donors (Lipinski definition) is 2. The van der Waals surface area contributed by atoms with Crippen molar-refractivity contribution in [1.29, 1.82) is 0 Å². The number of nitrogens with one attached hydrogen (secondary N) is 2. The Morgan fingerprint density at radius 2 is 1.91 bits per heavy atom. The molecule has 0 heterocycles. The van der Waals surface area contributed by atoms with Crippen LogP contribution in [-0.4, -0.2) is 45.1 Å². The summed E-state index contributed by atoms with van der Waals surface area (Å²) in [6, 6.07) is 6.85. The largest absolute Gasteiger partial charge is 0.356 e. The molecule has 2 rings (SSSR count). The van der Waals surface area contributed by atoms with Gasteiger partial charge in [0.2, 0.25) is 0 Å². The number of aliphatic imine (C=N–C) groups is 1. The van der Waals surface area contributed by atoms with Crippen molar-refractivity contribution in [2.45, 2.75) is 18.9 Å². The molecule has 6 heteroatoms. The summed E-state index contributed by atoms with van der Waals surface area (Å²) in [5.41, 5.74) is 1.09. The summed E-state index contributed by atoms with van der Waals surface area (Å²) >= 11 is 0. The predicted octanol–water partition coefficient (Wildman–Crippen LogP) is 2.62. The van der Waals surface area contributed by atoms with Crippen LogP contribution in [0.1, 0.15) is 24.4 Å². The van der Waals surface area contributed by atoms with Gasteiger partial charge in [-0.15, -0.1) is 24.0 Å². The van der Waals surface area contributed by atoms with Crippen molar-refractivity contribution < 1.29 is 4.39 Å². The van der Waals surface area contributed by atoms with Crippen molar-refractivity contribution in [2.75, 3.05) is 34.2 Å². The van der Waals surface area contributed by atoms with Gasteiger partial charge in [0, 0.05) is 20.1 Å². The summed E-state index contributed by atoms with van der Waals surface area (Å²) in [6.45, 7) is 1.71. The lowest BCUT2D eigenvalue weighted by molar-refractivity contribution is 0.298.